The predicted octanol–water partition coefficient (Wildman–Crippen LogP) is 0.155. The summed E-state index contributed by atoms with van der Waals surface area (Å²) in [5, 5.41) is 10.3. The summed E-state index contributed by atoms with van der Waals surface area (Å²) >= 11 is 0. The highest BCUT2D eigenvalue weighted by molar-refractivity contribution is 7.46. The van der Waals surface area contributed by atoms with E-state index in [-0.39, 0.29) is 6.61 Å². The number of hydrogen-bond donors (Lipinski definition) is 2. The molecule has 0 rings (SSSR count). The number of phosphoric ester groups is 1. The van der Waals surface area contributed by atoms with Crippen LogP contribution in [0.1, 0.15) is 19.8 Å². The molecule has 0 unspecified atom stereocenters. The van der Waals surface area contributed by atoms with E-state index in [1.54, 1.807) is 0 Å². The number of carbonyl (C=O) groups is 1. The molecule has 0 heterocycles. The van der Waals surface area contributed by atoms with Crippen LogP contribution in [0.15, 0.2) is 0 Å². The molecule has 0 aliphatic rings. The maximum absolute atomic E-state index is 11.4. The Labute approximate surface area is 94.3 Å². The van der Waals surface area contributed by atoms with Crippen LogP contribution in [-0.4, -0.2) is 46.9 Å². The van der Waals surface area contributed by atoms with E-state index in [0.29, 0.717) is 25.9 Å². The number of carbonyl (C=O) groups excluding carboxylic acids is 1. The Morgan fingerprint density at radius 1 is 1.38 bits per heavy atom. The first kappa shape index (κ1) is 15.5. The van der Waals surface area contributed by atoms with E-state index < -0.39 is 20.3 Å². The van der Waals surface area contributed by atoms with E-state index in [0.717, 1.165) is 0 Å². The molecule has 0 saturated carbocycles. The minimum Gasteiger partial charge on any atom is -0.341 e. The Morgan fingerprint density at radius 2 is 2.00 bits per heavy atom. The molecule has 0 saturated heterocycles. The second kappa shape index (κ2) is 7.76. The van der Waals surface area contributed by atoms with Crippen LogP contribution in [0.2, 0.25) is 0 Å². The fourth-order valence-corrected chi connectivity index (χ4v) is 1.40. The molecule has 0 fully saturated rings. The summed E-state index contributed by atoms with van der Waals surface area (Å²) in [7, 11) is -4.61. The lowest BCUT2D eigenvalue weighted by atomic mass is 10.3. The van der Waals surface area contributed by atoms with Gasteiger partial charge in [-0.05, 0) is 12.8 Å². The molecule has 16 heavy (non-hydrogen) atoms. The van der Waals surface area contributed by atoms with Gasteiger partial charge in [0.1, 0.15) is 6.61 Å². The largest absolute Gasteiger partial charge is 0.470 e. The topological polar surface area (TPSA) is 107 Å². The van der Waals surface area contributed by atoms with Gasteiger partial charge in [-0.1, -0.05) is 6.92 Å². The third-order valence-corrected chi connectivity index (χ3v) is 2.24. The van der Waals surface area contributed by atoms with Crippen LogP contribution >= 0.6 is 7.82 Å². The lowest BCUT2D eigenvalue weighted by Crippen LogP contribution is -2.35. The minimum atomic E-state index is -4.61. The smallest absolute Gasteiger partial charge is 0.341 e. The molecule has 7 nitrogen and oxygen atoms in total. The quantitative estimate of drug-likeness (QED) is 0.600. The molecule has 0 atom stereocenters. The van der Waals surface area contributed by atoms with E-state index in [4.69, 9.17) is 9.79 Å². The van der Waals surface area contributed by atoms with Gasteiger partial charge in [-0.3, -0.25) is 9.32 Å². The lowest BCUT2D eigenvalue weighted by Gasteiger charge is -2.21. The van der Waals surface area contributed by atoms with E-state index >= 15 is 0 Å². The molecule has 0 aromatic rings. The van der Waals surface area contributed by atoms with Gasteiger partial charge in [0.05, 0.1) is 6.61 Å². The highest BCUT2D eigenvalue weighted by atomic mass is 31.2. The van der Waals surface area contributed by atoms with Crippen LogP contribution in [0.5, 0.6) is 0 Å². The van der Waals surface area contributed by atoms with Crippen molar-refractivity contribution >= 4 is 13.7 Å². The molecular formula is C8H17NO6P. The molecule has 0 aromatic carbocycles. The number of rotatable bonds is 8. The number of amides is 1. The van der Waals surface area contributed by atoms with Crippen molar-refractivity contribution in [2.24, 2.45) is 0 Å². The molecule has 0 aliphatic heterocycles. The van der Waals surface area contributed by atoms with Crippen molar-refractivity contribution in [3.63, 3.8) is 0 Å². The summed E-state index contributed by atoms with van der Waals surface area (Å²) in [5.41, 5.74) is 0. The van der Waals surface area contributed by atoms with Crippen molar-refractivity contribution < 1.29 is 28.8 Å². The summed E-state index contributed by atoms with van der Waals surface area (Å²) in [6, 6.07) is 0. The van der Waals surface area contributed by atoms with Gasteiger partial charge < -0.3 is 14.7 Å². The zero-order valence-electron chi connectivity index (χ0n) is 9.16. The SMILES string of the molecule is CCCN(CCC[O])C(=O)COP(=O)(O)O. The molecule has 8 heteroatoms. The van der Waals surface area contributed by atoms with Gasteiger partial charge in [0.15, 0.2) is 0 Å². The Hall–Kier alpha value is -0.460. The highest BCUT2D eigenvalue weighted by Gasteiger charge is 2.19. The third-order valence-electron chi connectivity index (χ3n) is 1.77. The van der Waals surface area contributed by atoms with Crippen molar-refractivity contribution in [3.8, 4) is 0 Å². The Balaban J connectivity index is 4.10. The molecule has 0 aromatic heterocycles. The first-order valence-electron chi connectivity index (χ1n) is 4.96. The summed E-state index contributed by atoms with van der Waals surface area (Å²) in [6.45, 7) is 1.65. The minimum absolute atomic E-state index is 0.285. The van der Waals surface area contributed by atoms with E-state index in [9.17, 15) is 14.5 Å². The van der Waals surface area contributed by atoms with Gasteiger partial charge in [0.25, 0.3) is 0 Å². The van der Waals surface area contributed by atoms with E-state index in [1.807, 2.05) is 6.92 Å². The van der Waals surface area contributed by atoms with Crippen LogP contribution < -0.4 is 0 Å². The standard InChI is InChI=1S/C8H17NO6P/c1-2-4-9(5-3-6-10)8(11)7-15-16(12,13)14/h2-7H2,1H3,(H2,12,13,14). The van der Waals surface area contributed by atoms with Crippen LogP contribution in [0, 0.1) is 0 Å². The van der Waals surface area contributed by atoms with Crippen LogP contribution in [0.3, 0.4) is 0 Å². The van der Waals surface area contributed by atoms with Gasteiger partial charge >= 0.3 is 7.82 Å². The van der Waals surface area contributed by atoms with Crippen molar-refractivity contribution in [1.82, 2.24) is 4.90 Å². The first-order valence-corrected chi connectivity index (χ1v) is 6.49. The van der Waals surface area contributed by atoms with Crippen molar-refractivity contribution in [1.29, 1.82) is 0 Å². The Morgan fingerprint density at radius 3 is 2.44 bits per heavy atom. The van der Waals surface area contributed by atoms with E-state index in [1.165, 1.54) is 4.90 Å². The molecule has 0 bridgehead atoms. The molecule has 2 N–H and O–H groups in total. The molecule has 1 radical (unpaired) electrons. The zero-order chi connectivity index (χ0) is 12.6. The van der Waals surface area contributed by atoms with E-state index in [2.05, 4.69) is 4.52 Å². The second-order valence-electron chi connectivity index (χ2n) is 3.20. The van der Waals surface area contributed by atoms with Crippen molar-refractivity contribution in [2.75, 3.05) is 26.3 Å². The lowest BCUT2D eigenvalue weighted by molar-refractivity contribution is -0.134. The molecule has 95 valence electrons. The van der Waals surface area contributed by atoms with Crippen LogP contribution in [-0.2, 0) is 19.0 Å². The summed E-state index contributed by atoms with van der Waals surface area (Å²) < 4.78 is 14.5. The Kier molecular flexibility index (Phi) is 7.53. The monoisotopic (exact) mass is 254 g/mol. The number of phosphoric acid groups is 1. The fourth-order valence-electron chi connectivity index (χ4n) is 1.12. The predicted molar refractivity (Wildman–Crippen MR) is 55.0 cm³/mol. The number of nitrogens with zero attached hydrogens (tertiary/aromatic N) is 1. The normalized spacial score (nSPS) is 11.5. The zero-order valence-corrected chi connectivity index (χ0v) is 10.1. The van der Waals surface area contributed by atoms with Crippen LogP contribution in [0.4, 0.5) is 0 Å². The van der Waals surface area contributed by atoms with Gasteiger partial charge in [-0.25, -0.2) is 9.67 Å². The summed E-state index contributed by atoms with van der Waals surface area (Å²) in [5.74, 6) is -0.515. The fraction of sp³-hybridized carbons (Fsp3) is 0.875. The van der Waals surface area contributed by atoms with Gasteiger partial charge in [-0.2, -0.15) is 0 Å². The second-order valence-corrected chi connectivity index (χ2v) is 4.44. The van der Waals surface area contributed by atoms with Gasteiger partial charge in [0, 0.05) is 13.1 Å². The number of hydrogen-bond acceptors (Lipinski definition) is 3. The average molecular weight is 254 g/mol. The molecule has 0 spiro atoms. The van der Waals surface area contributed by atoms with Crippen molar-refractivity contribution in [2.45, 2.75) is 19.8 Å². The molecule has 1 amide bonds. The summed E-state index contributed by atoms with van der Waals surface area (Å²) in [6.07, 6.45) is 1.03. The third kappa shape index (κ3) is 7.78. The van der Waals surface area contributed by atoms with Gasteiger partial charge in [0.2, 0.25) is 5.91 Å². The summed E-state index contributed by atoms with van der Waals surface area (Å²) in [4.78, 5) is 29.7. The van der Waals surface area contributed by atoms with Gasteiger partial charge in [-0.15, -0.1) is 0 Å². The first-order chi connectivity index (χ1) is 7.40. The Bertz CT molecular complexity index is 253. The van der Waals surface area contributed by atoms with Crippen molar-refractivity contribution in [3.05, 3.63) is 0 Å². The average Bonchev–Trinajstić information content (AvgIpc) is 2.19. The highest BCUT2D eigenvalue weighted by Crippen LogP contribution is 2.35. The molecular weight excluding hydrogens is 237 g/mol. The maximum Gasteiger partial charge on any atom is 0.470 e. The van der Waals surface area contributed by atoms with Crippen LogP contribution in [0.25, 0.3) is 0 Å². The maximum atomic E-state index is 11.4. The molecule has 0 aliphatic carbocycles.